The van der Waals surface area contributed by atoms with E-state index >= 15 is 0 Å². The quantitative estimate of drug-likeness (QED) is 0.898. The number of β-amino-alcohol motifs (C(OH)–C–C–N with tert-alkyl or cyclic N) is 1. The maximum Gasteiger partial charge on any atom is 0.256 e. The van der Waals surface area contributed by atoms with Gasteiger partial charge in [-0.15, -0.1) is 0 Å². The van der Waals surface area contributed by atoms with Crippen LogP contribution in [0.25, 0.3) is 5.57 Å². The van der Waals surface area contributed by atoms with Gasteiger partial charge >= 0.3 is 0 Å². The molecule has 2 aliphatic heterocycles. The maximum atomic E-state index is 12.8. The van der Waals surface area contributed by atoms with Crippen molar-refractivity contribution in [1.29, 1.82) is 0 Å². The molecule has 2 aliphatic rings. The lowest BCUT2D eigenvalue weighted by atomic mass is 9.90. The van der Waals surface area contributed by atoms with Gasteiger partial charge in [-0.2, -0.15) is 0 Å². The first-order valence-electron chi connectivity index (χ1n) is 8.51. The molecule has 1 atom stereocenters. The van der Waals surface area contributed by atoms with Crippen molar-refractivity contribution in [2.75, 3.05) is 26.2 Å². The van der Waals surface area contributed by atoms with Crippen molar-refractivity contribution in [1.82, 2.24) is 9.80 Å². The summed E-state index contributed by atoms with van der Waals surface area (Å²) >= 11 is 0. The predicted octanol–water partition coefficient (Wildman–Crippen LogP) is 1.68. The van der Waals surface area contributed by atoms with Crippen LogP contribution >= 0.6 is 0 Å². The summed E-state index contributed by atoms with van der Waals surface area (Å²) in [6, 6.07) is 10.1. The minimum absolute atomic E-state index is 0.0918. The molecule has 1 N–H and O–H groups in total. The summed E-state index contributed by atoms with van der Waals surface area (Å²) in [7, 11) is 0. The van der Waals surface area contributed by atoms with E-state index in [4.69, 9.17) is 0 Å². The predicted molar refractivity (Wildman–Crippen MR) is 92.1 cm³/mol. The number of aliphatic hydroxyl groups is 1. The van der Waals surface area contributed by atoms with Crippen LogP contribution in [0.15, 0.2) is 36.4 Å². The summed E-state index contributed by atoms with van der Waals surface area (Å²) in [5.74, 6) is -0.345. The van der Waals surface area contributed by atoms with Crippen LogP contribution in [-0.2, 0) is 9.59 Å². The second-order valence-electron chi connectivity index (χ2n) is 6.67. The average molecular weight is 328 g/mol. The average Bonchev–Trinajstić information content (AvgIpc) is 2.62. The monoisotopic (exact) mass is 328 g/mol. The van der Waals surface area contributed by atoms with E-state index in [0.717, 1.165) is 6.42 Å². The molecule has 0 bridgehead atoms. The number of hydrogen-bond donors (Lipinski definition) is 1. The molecule has 0 spiro atoms. The van der Waals surface area contributed by atoms with E-state index in [1.165, 1.54) is 18.1 Å². The number of likely N-dealkylation sites (tertiary alicyclic amines) is 1. The van der Waals surface area contributed by atoms with Gasteiger partial charge in [0.25, 0.3) is 5.91 Å². The van der Waals surface area contributed by atoms with E-state index in [1.807, 2.05) is 18.2 Å². The molecule has 1 saturated heterocycles. The van der Waals surface area contributed by atoms with Crippen LogP contribution in [0.3, 0.4) is 0 Å². The number of nitrogens with zero attached hydrogens (tertiary/aromatic N) is 2. The highest BCUT2D eigenvalue weighted by Crippen LogP contribution is 2.27. The number of carbonyl (C=O) groups is 2. The molecular formula is C19H24N2O3. The lowest BCUT2D eigenvalue weighted by Crippen LogP contribution is -2.59. The molecule has 0 saturated carbocycles. The zero-order valence-electron chi connectivity index (χ0n) is 14.1. The molecule has 0 unspecified atom stereocenters. The van der Waals surface area contributed by atoms with Crippen LogP contribution in [0.4, 0.5) is 0 Å². The highest BCUT2D eigenvalue weighted by Gasteiger charge is 2.43. The Kier molecular flexibility index (Phi) is 4.71. The fourth-order valence-corrected chi connectivity index (χ4v) is 3.54. The highest BCUT2D eigenvalue weighted by atomic mass is 16.3. The minimum atomic E-state index is -1.44. The van der Waals surface area contributed by atoms with Crippen LogP contribution in [0, 0.1) is 0 Å². The molecule has 5 nitrogen and oxygen atoms in total. The van der Waals surface area contributed by atoms with Crippen LogP contribution in [0.5, 0.6) is 0 Å². The number of amides is 2. The van der Waals surface area contributed by atoms with E-state index < -0.39 is 5.60 Å². The molecule has 1 fully saturated rings. The normalized spacial score (nSPS) is 24.5. The number of piperidine rings is 1. The van der Waals surface area contributed by atoms with E-state index in [1.54, 1.807) is 9.80 Å². The highest BCUT2D eigenvalue weighted by molar-refractivity contribution is 5.87. The first kappa shape index (κ1) is 16.7. The van der Waals surface area contributed by atoms with Crippen molar-refractivity contribution in [3.8, 4) is 0 Å². The summed E-state index contributed by atoms with van der Waals surface area (Å²) in [6.07, 6.45) is 3.91. The van der Waals surface area contributed by atoms with Crippen LogP contribution < -0.4 is 0 Å². The topological polar surface area (TPSA) is 60.9 Å². The van der Waals surface area contributed by atoms with Gasteiger partial charge in [0.15, 0.2) is 5.60 Å². The first-order valence-corrected chi connectivity index (χ1v) is 8.51. The van der Waals surface area contributed by atoms with Crippen molar-refractivity contribution in [2.24, 2.45) is 0 Å². The van der Waals surface area contributed by atoms with Gasteiger partial charge in [-0.25, -0.2) is 0 Å². The van der Waals surface area contributed by atoms with Gasteiger partial charge in [0.2, 0.25) is 5.91 Å². The van der Waals surface area contributed by atoms with Gasteiger partial charge < -0.3 is 14.9 Å². The van der Waals surface area contributed by atoms with Crippen molar-refractivity contribution in [3.05, 3.63) is 42.0 Å². The second kappa shape index (κ2) is 6.77. The van der Waals surface area contributed by atoms with E-state index in [2.05, 4.69) is 18.2 Å². The number of rotatable bonds is 2. The van der Waals surface area contributed by atoms with Crippen molar-refractivity contribution in [3.63, 3.8) is 0 Å². The molecule has 0 radical (unpaired) electrons. The molecule has 1 aromatic carbocycles. The van der Waals surface area contributed by atoms with Gasteiger partial charge in [-0.3, -0.25) is 9.59 Å². The van der Waals surface area contributed by atoms with E-state index in [9.17, 15) is 14.7 Å². The molecular weight excluding hydrogens is 304 g/mol. The fraction of sp³-hybridized carbons (Fsp3) is 0.474. The largest absolute Gasteiger partial charge is 0.378 e. The Morgan fingerprint density at radius 3 is 2.50 bits per heavy atom. The minimum Gasteiger partial charge on any atom is -0.378 e. The number of carbonyl (C=O) groups excluding carboxylic acids is 2. The Hall–Kier alpha value is -2.14. The van der Waals surface area contributed by atoms with E-state index in [0.29, 0.717) is 32.5 Å². The van der Waals surface area contributed by atoms with Gasteiger partial charge in [0, 0.05) is 26.6 Å². The van der Waals surface area contributed by atoms with Crippen molar-refractivity contribution in [2.45, 2.75) is 31.8 Å². The Balaban J connectivity index is 1.68. The van der Waals surface area contributed by atoms with Gasteiger partial charge in [0.1, 0.15) is 0 Å². The van der Waals surface area contributed by atoms with Crippen molar-refractivity contribution < 1.29 is 14.7 Å². The first-order chi connectivity index (χ1) is 11.5. The Labute approximate surface area is 142 Å². The molecule has 5 heteroatoms. The third-order valence-corrected chi connectivity index (χ3v) is 4.96. The van der Waals surface area contributed by atoms with Crippen molar-refractivity contribution >= 4 is 17.4 Å². The van der Waals surface area contributed by atoms with E-state index in [-0.39, 0.29) is 18.4 Å². The molecule has 2 heterocycles. The Morgan fingerprint density at radius 1 is 1.12 bits per heavy atom. The summed E-state index contributed by atoms with van der Waals surface area (Å²) in [5.41, 5.74) is 0.978. The zero-order valence-corrected chi connectivity index (χ0v) is 14.1. The summed E-state index contributed by atoms with van der Waals surface area (Å²) in [4.78, 5) is 27.6. The fourth-order valence-electron chi connectivity index (χ4n) is 3.54. The molecule has 2 amide bonds. The van der Waals surface area contributed by atoms with Crippen LogP contribution in [0.1, 0.15) is 31.7 Å². The zero-order chi connectivity index (χ0) is 17.2. The van der Waals surface area contributed by atoms with Crippen LogP contribution in [0.2, 0.25) is 0 Å². The Morgan fingerprint density at radius 2 is 1.88 bits per heavy atom. The second-order valence-corrected chi connectivity index (χ2v) is 6.67. The van der Waals surface area contributed by atoms with Crippen LogP contribution in [-0.4, -0.2) is 58.5 Å². The number of hydrogen-bond acceptors (Lipinski definition) is 3. The Bertz CT molecular complexity index is 656. The SMILES string of the molecule is CC(=O)N1CCC[C@@](O)(C(=O)N2CC=C(c3ccccc3)CC2)C1. The smallest absolute Gasteiger partial charge is 0.256 e. The van der Waals surface area contributed by atoms with Gasteiger partial charge in [-0.1, -0.05) is 36.4 Å². The molecule has 0 aliphatic carbocycles. The standard InChI is InChI=1S/C19H24N2O3/c1-15(22)21-11-5-10-19(24,14-21)18(23)20-12-8-17(9-13-20)16-6-3-2-4-7-16/h2-4,6-8,24H,5,9-14H2,1H3/t19-/m0/s1. The molecule has 3 rings (SSSR count). The lowest BCUT2D eigenvalue weighted by molar-refractivity contribution is -0.159. The van der Waals surface area contributed by atoms with Gasteiger partial charge in [-0.05, 0) is 30.4 Å². The number of benzene rings is 1. The maximum absolute atomic E-state index is 12.8. The molecule has 128 valence electrons. The lowest BCUT2D eigenvalue weighted by Gasteiger charge is -2.41. The third kappa shape index (κ3) is 3.36. The molecule has 1 aromatic rings. The van der Waals surface area contributed by atoms with Gasteiger partial charge in [0.05, 0.1) is 6.54 Å². The summed E-state index contributed by atoms with van der Waals surface area (Å²) in [6.45, 7) is 3.30. The molecule has 24 heavy (non-hydrogen) atoms. The summed E-state index contributed by atoms with van der Waals surface area (Å²) < 4.78 is 0. The molecule has 0 aromatic heterocycles. The third-order valence-electron chi connectivity index (χ3n) is 4.96. The summed E-state index contributed by atoms with van der Waals surface area (Å²) in [5, 5.41) is 10.8.